The van der Waals surface area contributed by atoms with Gasteiger partial charge in [-0.2, -0.15) is 0 Å². The minimum Gasteiger partial charge on any atom is -0.378 e. The molecule has 1 saturated heterocycles. The fourth-order valence-electron chi connectivity index (χ4n) is 4.07. The number of hydrogen-bond donors (Lipinski definition) is 1. The van der Waals surface area contributed by atoms with E-state index in [2.05, 4.69) is 43.4 Å². The first-order valence-corrected chi connectivity index (χ1v) is 6.17. The Morgan fingerprint density at radius 3 is 2.94 bits per heavy atom. The Bertz CT molecular complexity index is 472. The second kappa shape index (κ2) is 2.45. The highest BCUT2D eigenvalue weighted by atomic mass is 16.5. The van der Waals surface area contributed by atoms with Crippen molar-refractivity contribution in [3.05, 3.63) is 29.8 Å². The summed E-state index contributed by atoms with van der Waals surface area (Å²) in [7, 11) is 0. The molecule has 1 N–H and O–H groups in total. The lowest BCUT2D eigenvalue weighted by Crippen LogP contribution is -2.43. The molecular formula is C14H17NO. The van der Waals surface area contributed by atoms with Crippen LogP contribution in [0.4, 0.5) is 5.69 Å². The maximum Gasteiger partial charge on any atom is 0.0927 e. The molecule has 84 valence electrons. The average molecular weight is 215 g/mol. The topological polar surface area (TPSA) is 21.3 Å². The first-order chi connectivity index (χ1) is 7.63. The van der Waals surface area contributed by atoms with Crippen molar-refractivity contribution in [2.75, 3.05) is 5.32 Å². The predicted octanol–water partition coefficient (Wildman–Crippen LogP) is 3.11. The highest BCUT2D eigenvalue weighted by Crippen LogP contribution is 2.65. The minimum absolute atomic E-state index is 0.0401. The molecule has 2 nitrogen and oxygen atoms in total. The van der Waals surface area contributed by atoms with Gasteiger partial charge in [-0.15, -0.1) is 0 Å². The van der Waals surface area contributed by atoms with Crippen LogP contribution < -0.4 is 5.32 Å². The van der Waals surface area contributed by atoms with Gasteiger partial charge in [0.2, 0.25) is 0 Å². The molecule has 4 rings (SSSR count). The van der Waals surface area contributed by atoms with E-state index in [1.807, 2.05) is 0 Å². The van der Waals surface area contributed by atoms with Crippen molar-refractivity contribution < 1.29 is 4.74 Å². The van der Waals surface area contributed by atoms with Crippen molar-refractivity contribution in [2.45, 2.75) is 44.4 Å². The Morgan fingerprint density at radius 2 is 2.06 bits per heavy atom. The molecule has 0 amide bonds. The van der Waals surface area contributed by atoms with E-state index in [0.717, 1.165) is 0 Å². The smallest absolute Gasteiger partial charge is 0.0927 e. The summed E-state index contributed by atoms with van der Waals surface area (Å²) in [5.41, 5.74) is 2.96. The maximum absolute atomic E-state index is 6.34. The van der Waals surface area contributed by atoms with Crippen molar-refractivity contribution in [2.24, 2.45) is 5.41 Å². The van der Waals surface area contributed by atoms with Crippen LogP contribution in [0.1, 0.15) is 38.4 Å². The van der Waals surface area contributed by atoms with E-state index in [1.165, 1.54) is 24.1 Å². The van der Waals surface area contributed by atoms with Crippen LogP contribution in [0.2, 0.25) is 0 Å². The quantitative estimate of drug-likeness (QED) is 0.718. The third-order valence-corrected chi connectivity index (χ3v) is 4.96. The summed E-state index contributed by atoms with van der Waals surface area (Å²) >= 11 is 0. The largest absolute Gasteiger partial charge is 0.378 e. The first kappa shape index (κ1) is 9.06. The highest BCUT2D eigenvalue weighted by Gasteiger charge is 2.66. The van der Waals surface area contributed by atoms with Crippen molar-refractivity contribution in [3.8, 4) is 0 Å². The second-order valence-corrected chi connectivity index (χ2v) is 5.98. The number of rotatable bonds is 0. The third kappa shape index (κ3) is 0.809. The molecule has 0 spiro atoms. The van der Waals surface area contributed by atoms with Gasteiger partial charge in [0.15, 0.2) is 0 Å². The summed E-state index contributed by atoms with van der Waals surface area (Å²) < 4.78 is 6.34. The van der Waals surface area contributed by atoms with Crippen molar-refractivity contribution in [1.29, 1.82) is 0 Å². The molecule has 4 atom stereocenters. The van der Waals surface area contributed by atoms with Gasteiger partial charge in [0.25, 0.3) is 0 Å². The Morgan fingerprint density at radius 1 is 1.25 bits per heavy atom. The van der Waals surface area contributed by atoms with Crippen molar-refractivity contribution in [1.82, 2.24) is 0 Å². The van der Waals surface area contributed by atoms with Crippen LogP contribution in [0.25, 0.3) is 0 Å². The highest BCUT2D eigenvalue weighted by molar-refractivity contribution is 5.59. The van der Waals surface area contributed by atoms with Gasteiger partial charge < -0.3 is 10.1 Å². The van der Waals surface area contributed by atoms with Crippen LogP contribution >= 0.6 is 0 Å². The number of nitrogens with one attached hydrogen (secondary N) is 1. The summed E-state index contributed by atoms with van der Waals surface area (Å²) in [6.45, 7) is 4.64. The number of benzene rings is 1. The molecule has 0 radical (unpaired) electrons. The van der Waals surface area contributed by atoms with Gasteiger partial charge in [-0.25, -0.2) is 0 Å². The number of anilines is 1. The van der Waals surface area contributed by atoms with Gasteiger partial charge in [-0.1, -0.05) is 25.1 Å². The second-order valence-electron chi connectivity index (χ2n) is 5.98. The summed E-state index contributed by atoms with van der Waals surface area (Å²) in [6, 6.07) is 9.08. The minimum atomic E-state index is 0.0401. The fourth-order valence-corrected chi connectivity index (χ4v) is 4.07. The fraction of sp³-hybridized carbons (Fsp3) is 0.571. The molecule has 16 heavy (non-hydrogen) atoms. The number of para-hydroxylation sites is 1. The zero-order valence-corrected chi connectivity index (χ0v) is 9.79. The maximum atomic E-state index is 6.34. The lowest BCUT2D eigenvalue weighted by atomic mass is 9.74. The van der Waals surface area contributed by atoms with E-state index in [-0.39, 0.29) is 5.60 Å². The average Bonchev–Trinajstić information content (AvgIpc) is 2.60. The summed E-state index contributed by atoms with van der Waals surface area (Å²) in [6.07, 6.45) is 2.76. The Labute approximate surface area is 96.0 Å². The van der Waals surface area contributed by atoms with Gasteiger partial charge in [0.1, 0.15) is 0 Å². The molecule has 2 fully saturated rings. The molecule has 0 aromatic heterocycles. The van der Waals surface area contributed by atoms with Crippen LogP contribution in [-0.4, -0.2) is 11.6 Å². The molecular weight excluding hydrogens is 198 g/mol. The molecule has 4 unspecified atom stereocenters. The van der Waals surface area contributed by atoms with E-state index >= 15 is 0 Å². The summed E-state index contributed by atoms with van der Waals surface area (Å²) in [5, 5.41) is 3.71. The van der Waals surface area contributed by atoms with Crippen LogP contribution in [-0.2, 0) is 4.74 Å². The van der Waals surface area contributed by atoms with Crippen molar-refractivity contribution >= 4 is 5.69 Å². The lowest BCUT2D eigenvalue weighted by molar-refractivity contribution is -0.0764. The molecule has 1 saturated carbocycles. The zero-order chi connectivity index (χ0) is 11.0. The number of ether oxygens (including phenoxy) is 1. The van der Waals surface area contributed by atoms with Gasteiger partial charge in [-0.05, 0) is 25.8 Å². The standard InChI is InChI=1S/C14H17NO/c1-13-7-8-14(2)12(13)15-10-6-4-3-5-9(10)11(13)16-14/h3-6,11-12,15H,7-8H2,1-2H3. The molecule has 1 aliphatic carbocycles. The normalized spacial score (nSPS) is 47.6. The Hall–Kier alpha value is -1.02. The van der Waals surface area contributed by atoms with Crippen LogP contribution in [0.5, 0.6) is 0 Å². The third-order valence-electron chi connectivity index (χ3n) is 4.96. The van der Waals surface area contributed by atoms with E-state index < -0.39 is 0 Å². The van der Waals surface area contributed by atoms with Gasteiger partial charge in [0.05, 0.1) is 17.7 Å². The van der Waals surface area contributed by atoms with Gasteiger partial charge >= 0.3 is 0 Å². The Kier molecular flexibility index (Phi) is 1.39. The molecule has 4 bridgehead atoms. The van der Waals surface area contributed by atoms with Gasteiger partial charge in [-0.3, -0.25) is 0 Å². The molecule has 3 aliphatic rings. The molecule has 1 aromatic carbocycles. The van der Waals surface area contributed by atoms with Crippen LogP contribution in [0, 0.1) is 5.41 Å². The van der Waals surface area contributed by atoms with E-state index in [9.17, 15) is 0 Å². The molecule has 2 aliphatic heterocycles. The van der Waals surface area contributed by atoms with Crippen LogP contribution in [0.3, 0.4) is 0 Å². The first-order valence-electron chi connectivity index (χ1n) is 6.17. The molecule has 1 aromatic rings. The summed E-state index contributed by atoms with van der Waals surface area (Å²) in [4.78, 5) is 0. The van der Waals surface area contributed by atoms with Crippen molar-refractivity contribution in [3.63, 3.8) is 0 Å². The van der Waals surface area contributed by atoms with E-state index in [4.69, 9.17) is 4.74 Å². The Balaban J connectivity index is 1.94. The molecule has 2 heteroatoms. The van der Waals surface area contributed by atoms with E-state index in [0.29, 0.717) is 17.6 Å². The lowest BCUT2D eigenvalue weighted by Gasteiger charge is -2.38. The monoisotopic (exact) mass is 215 g/mol. The molecule has 2 heterocycles. The predicted molar refractivity (Wildman–Crippen MR) is 63.4 cm³/mol. The van der Waals surface area contributed by atoms with E-state index in [1.54, 1.807) is 0 Å². The SMILES string of the molecule is CC12CCC3(C)C(O1)c1ccccc1NC23. The zero-order valence-electron chi connectivity index (χ0n) is 9.79. The number of fused-ring (bicyclic) bond motifs is 2. The van der Waals surface area contributed by atoms with Gasteiger partial charge in [0, 0.05) is 16.7 Å². The van der Waals surface area contributed by atoms with Crippen LogP contribution in [0.15, 0.2) is 24.3 Å². The summed E-state index contributed by atoms with van der Waals surface area (Å²) in [5.74, 6) is 0. The number of hydrogen-bond acceptors (Lipinski definition) is 2.